The molecular weight excluding hydrogens is 354 g/mol. The lowest BCUT2D eigenvalue weighted by atomic mass is 10.0. The smallest absolute Gasteiger partial charge is 0.417 e. The zero-order chi connectivity index (χ0) is 19.2. The van der Waals surface area contributed by atoms with Gasteiger partial charge in [-0.05, 0) is 18.4 Å². The maximum Gasteiger partial charge on any atom is 0.417 e. The van der Waals surface area contributed by atoms with E-state index < -0.39 is 12.2 Å². The van der Waals surface area contributed by atoms with E-state index in [9.17, 15) is 19.2 Å². The monoisotopic (exact) mass is 375 g/mol. The number of amides is 4. The lowest BCUT2D eigenvalue weighted by molar-refractivity contribution is -0.132. The fraction of sp³-hybridized carbons (Fsp3) is 0.444. The van der Waals surface area contributed by atoms with Gasteiger partial charge in [-0.25, -0.2) is 14.5 Å². The van der Waals surface area contributed by atoms with Gasteiger partial charge in [-0.2, -0.15) is 0 Å². The van der Waals surface area contributed by atoms with E-state index in [1.165, 1.54) is 0 Å². The lowest BCUT2D eigenvalue weighted by Gasteiger charge is -2.34. The molecule has 27 heavy (non-hydrogen) atoms. The minimum Gasteiger partial charge on any atom is -0.445 e. The molecule has 0 radical (unpaired) electrons. The number of cyclic esters (lactones) is 1. The van der Waals surface area contributed by atoms with Gasteiger partial charge < -0.3 is 19.7 Å². The predicted octanol–water partition coefficient (Wildman–Crippen LogP) is 0.883. The van der Waals surface area contributed by atoms with E-state index in [0.717, 1.165) is 10.5 Å². The molecule has 1 N–H and O–H groups in total. The Morgan fingerprint density at radius 2 is 1.85 bits per heavy atom. The van der Waals surface area contributed by atoms with Crippen LogP contribution in [0.5, 0.6) is 0 Å². The fourth-order valence-electron chi connectivity index (χ4n) is 3.12. The quantitative estimate of drug-likeness (QED) is 0.819. The van der Waals surface area contributed by atoms with Gasteiger partial charge in [0.25, 0.3) is 5.91 Å². The van der Waals surface area contributed by atoms with Gasteiger partial charge >= 0.3 is 12.2 Å². The van der Waals surface area contributed by atoms with Gasteiger partial charge in [-0.1, -0.05) is 30.3 Å². The summed E-state index contributed by atoms with van der Waals surface area (Å²) >= 11 is 0. The number of ether oxygens (including phenoxy) is 2. The van der Waals surface area contributed by atoms with Gasteiger partial charge in [-0.15, -0.1) is 0 Å². The van der Waals surface area contributed by atoms with E-state index in [0.29, 0.717) is 25.9 Å². The van der Waals surface area contributed by atoms with Crippen molar-refractivity contribution in [3.05, 3.63) is 35.9 Å². The average Bonchev–Trinajstić information content (AvgIpc) is 3.03. The highest BCUT2D eigenvalue weighted by atomic mass is 16.6. The molecule has 9 nitrogen and oxygen atoms in total. The molecule has 0 aromatic heterocycles. The number of hydrogen-bond acceptors (Lipinski definition) is 6. The zero-order valence-electron chi connectivity index (χ0n) is 14.8. The molecule has 4 amide bonds. The summed E-state index contributed by atoms with van der Waals surface area (Å²) in [4.78, 5) is 49.9. The highest BCUT2D eigenvalue weighted by molar-refractivity contribution is 5.98. The van der Waals surface area contributed by atoms with Crippen molar-refractivity contribution < 1.29 is 28.7 Å². The molecule has 2 aliphatic rings. The molecule has 0 bridgehead atoms. The molecule has 2 aliphatic heterocycles. The van der Waals surface area contributed by atoms with E-state index in [-0.39, 0.29) is 37.6 Å². The summed E-state index contributed by atoms with van der Waals surface area (Å²) in [5.74, 6) is -0.576. The van der Waals surface area contributed by atoms with Gasteiger partial charge in [0.05, 0.1) is 0 Å². The number of nitrogens with one attached hydrogen (secondary N) is 1. The first-order chi connectivity index (χ1) is 13.0. The van der Waals surface area contributed by atoms with Crippen molar-refractivity contribution >= 4 is 24.0 Å². The number of benzene rings is 1. The zero-order valence-corrected chi connectivity index (χ0v) is 14.8. The summed E-state index contributed by atoms with van der Waals surface area (Å²) in [5.41, 5.74) is 0.857. The number of piperidine rings is 1. The number of nitrogens with zero attached hydrogens (tertiary/aromatic N) is 2. The van der Waals surface area contributed by atoms with Crippen LogP contribution in [0.15, 0.2) is 30.3 Å². The number of likely N-dealkylation sites (tertiary alicyclic amines) is 1. The molecule has 0 spiro atoms. The Morgan fingerprint density at radius 1 is 1.15 bits per heavy atom. The molecule has 0 atom stereocenters. The number of carbonyl (C=O) groups excluding carboxylic acids is 4. The van der Waals surface area contributed by atoms with E-state index in [1.807, 2.05) is 30.3 Å². The third-order valence-corrected chi connectivity index (χ3v) is 4.56. The van der Waals surface area contributed by atoms with Crippen LogP contribution in [0.1, 0.15) is 18.4 Å². The Hall–Kier alpha value is -3.10. The highest BCUT2D eigenvalue weighted by Gasteiger charge is 2.38. The van der Waals surface area contributed by atoms with Crippen LogP contribution in [0.25, 0.3) is 0 Å². The van der Waals surface area contributed by atoms with Crippen LogP contribution in [-0.2, 0) is 25.7 Å². The van der Waals surface area contributed by atoms with Crippen molar-refractivity contribution in [2.45, 2.75) is 25.5 Å². The van der Waals surface area contributed by atoms with Crippen LogP contribution in [0.4, 0.5) is 9.59 Å². The van der Waals surface area contributed by atoms with Crippen molar-refractivity contribution in [2.24, 2.45) is 0 Å². The van der Waals surface area contributed by atoms with Crippen molar-refractivity contribution in [1.82, 2.24) is 15.1 Å². The number of alkyl carbamates (subject to hydrolysis) is 1. The molecule has 9 heteroatoms. The van der Waals surface area contributed by atoms with Crippen molar-refractivity contribution in [3.8, 4) is 0 Å². The largest absolute Gasteiger partial charge is 0.445 e. The second-order valence-electron chi connectivity index (χ2n) is 6.35. The SMILES string of the molecule is O=C(NCC(=O)N1CCC(N2C(=O)COC2=O)CC1)OCc1ccccc1. The van der Waals surface area contributed by atoms with Gasteiger partial charge in [0.1, 0.15) is 13.2 Å². The van der Waals surface area contributed by atoms with Crippen LogP contribution in [0.3, 0.4) is 0 Å². The summed E-state index contributed by atoms with van der Waals surface area (Å²) < 4.78 is 9.78. The van der Waals surface area contributed by atoms with E-state index >= 15 is 0 Å². The number of imide groups is 1. The van der Waals surface area contributed by atoms with Gasteiger partial charge in [0.2, 0.25) is 5.91 Å². The minimum absolute atomic E-state index is 0.131. The van der Waals surface area contributed by atoms with Crippen LogP contribution >= 0.6 is 0 Å². The minimum atomic E-state index is -0.660. The topological polar surface area (TPSA) is 105 Å². The Balaban J connectivity index is 1.37. The number of hydrogen-bond donors (Lipinski definition) is 1. The Kier molecular flexibility index (Phi) is 5.90. The third kappa shape index (κ3) is 4.75. The molecule has 2 fully saturated rings. The molecule has 0 saturated carbocycles. The van der Waals surface area contributed by atoms with Crippen molar-refractivity contribution in [3.63, 3.8) is 0 Å². The summed E-state index contributed by atoms with van der Waals surface area (Å²) in [7, 11) is 0. The first-order valence-corrected chi connectivity index (χ1v) is 8.75. The normalized spacial score (nSPS) is 17.6. The van der Waals surface area contributed by atoms with Crippen molar-refractivity contribution in [1.29, 1.82) is 0 Å². The van der Waals surface area contributed by atoms with Crippen LogP contribution in [0.2, 0.25) is 0 Å². The molecule has 1 aromatic rings. The third-order valence-electron chi connectivity index (χ3n) is 4.56. The summed E-state index contributed by atoms with van der Waals surface area (Å²) in [6, 6.07) is 8.99. The molecule has 1 aromatic carbocycles. The van der Waals surface area contributed by atoms with Crippen molar-refractivity contribution in [2.75, 3.05) is 26.2 Å². The Labute approximate surface area is 156 Å². The second-order valence-corrected chi connectivity index (χ2v) is 6.35. The highest BCUT2D eigenvalue weighted by Crippen LogP contribution is 2.20. The molecule has 2 saturated heterocycles. The molecule has 2 heterocycles. The Morgan fingerprint density at radius 3 is 2.48 bits per heavy atom. The predicted molar refractivity (Wildman–Crippen MR) is 92.4 cm³/mol. The summed E-state index contributed by atoms with van der Waals surface area (Å²) in [6.07, 6.45) is -0.295. The van der Waals surface area contributed by atoms with Crippen LogP contribution < -0.4 is 5.32 Å². The number of carbonyl (C=O) groups is 4. The summed E-state index contributed by atoms with van der Waals surface area (Å²) in [6.45, 7) is 0.560. The fourth-order valence-corrected chi connectivity index (χ4v) is 3.12. The second kappa shape index (κ2) is 8.52. The van der Waals surface area contributed by atoms with Gasteiger partial charge in [-0.3, -0.25) is 9.59 Å². The first-order valence-electron chi connectivity index (χ1n) is 8.75. The van der Waals surface area contributed by atoms with E-state index in [4.69, 9.17) is 9.47 Å². The van der Waals surface area contributed by atoms with E-state index in [1.54, 1.807) is 4.90 Å². The molecular formula is C18H21N3O6. The molecule has 3 rings (SSSR count). The first kappa shape index (κ1) is 18.7. The van der Waals surface area contributed by atoms with E-state index in [2.05, 4.69) is 5.32 Å². The average molecular weight is 375 g/mol. The standard InChI is InChI=1S/C18H21N3O6/c22-15(10-19-17(24)26-11-13-4-2-1-3-5-13)20-8-6-14(7-9-20)21-16(23)12-27-18(21)25/h1-5,14H,6-12H2,(H,19,24). The Bertz CT molecular complexity index is 699. The number of rotatable bonds is 5. The maximum atomic E-state index is 12.2. The van der Waals surface area contributed by atoms with Gasteiger partial charge in [0, 0.05) is 19.1 Å². The van der Waals surface area contributed by atoms with Crippen LogP contribution in [0, 0.1) is 0 Å². The van der Waals surface area contributed by atoms with Gasteiger partial charge in [0.15, 0.2) is 6.61 Å². The van der Waals surface area contributed by atoms with Crippen LogP contribution in [-0.4, -0.2) is 66.1 Å². The summed E-state index contributed by atoms with van der Waals surface area (Å²) in [5, 5.41) is 2.44. The molecule has 0 unspecified atom stereocenters. The maximum absolute atomic E-state index is 12.2. The molecule has 0 aliphatic carbocycles. The lowest BCUT2D eigenvalue weighted by Crippen LogP contribution is -2.50. The molecule has 144 valence electrons.